The molecule has 1 rings (SSSR count). The van der Waals surface area contributed by atoms with Gasteiger partial charge in [0.05, 0.1) is 13.4 Å². The lowest BCUT2D eigenvalue weighted by molar-refractivity contribution is 0.131. The lowest BCUT2D eigenvalue weighted by Crippen LogP contribution is -2.22. The van der Waals surface area contributed by atoms with E-state index in [1.807, 2.05) is 51.1 Å². The molecule has 82 valence electrons. The van der Waals surface area contributed by atoms with Gasteiger partial charge in [0, 0.05) is 0 Å². The van der Waals surface area contributed by atoms with Gasteiger partial charge < -0.3 is 9.47 Å². The highest BCUT2D eigenvalue weighted by molar-refractivity contribution is 5.49. The Morgan fingerprint density at radius 2 is 1.67 bits per heavy atom. The Hall–Kier alpha value is -1.44. The second-order valence-corrected chi connectivity index (χ2v) is 4.32. The van der Waals surface area contributed by atoms with Gasteiger partial charge in [-0.3, -0.25) is 0 Å². The molecular weight excluding hydrogens is 188 g/mol. The lowest BCUT2D eigenvalue weighted by atomic mass is 10.1. The maximum atomic E-state index is 5.71. The third kappa shape index (κ3) is 4.54. The first-order chi connectivity index (χ1) is 7.01. The van der Waals surface area contributed by atoms with Crippen LogP contribution in [0, 0.1) is 0 Å². The van der Waals surface area contributed by atoms with Crippen LogP contribution >= 0.6 is 0 Å². The minimum Gasteiger partial charge on any atom is -0.504 e. The zero-order valence-electron chi connectivity index (χ0n) is 9.78. The van der Waals surface area contributed by atoms with E-state index in [2.05, 4.69) is 0 Å². The van der Waals surface area contributed by atoms with Gasteiger partial charge in [-0.05, 0) is 44.5 Å². The van der Waals surface area contributed by atoms with E-state index >= 15 is 0 Å². The third-order valence-corrected chi connectivity index (χ3v) is 1.70. The Bertz CT molecular complexity index is 317. The minimum absolute atomic E-state index is 0.149. The summed E-state index contributed by atoms with van der Waals surface area (Å²) in [4.78, 5) is 0. The summed E-state index contributed by atoms with van der Waals surface area (Å²) in [5.74, 6) is 0.886. The Kier molecular flexibility index (Phi) is 3.78. The summed E-state index contributed by atoms with van der Waals surface area (Å²) in [6.45, 7) is 6.10. The van der Waals surface area contributed by atoms with Crippen LogP contribution in [0.3, 0.4) is 0 Å². The zero-order valence-corrected chi connectivity index (χ0v) is 9.78. The second kappa shape index (κ2) is 4.87. The van der Waals surface area contributed by atoms with E-state index < -0.39 is 0 Å². The number of ether oxygens (including phenoxy) is 2. The van der Waals surface area contributed by atoms with Crippen molar-refractivity contribution in [2.75, 3.05) is 7.11 Å². The monoisotopic (exact) mass is 206 g/mol. The molecule has 2 heteroatoms. The minimum atomic E-state index is -0.149. The number of hydrogen-bond acceptors (Lipinski definition) is 2. The standard InChI is InChI=1S/C13H18O2/c1-13(2,3)15-12-7-5-11(6-8-12)9-10-14-4/h5-10H,1-4H3. The lowest BCUT2D eigenvalue weighted by Gasteiger charge is -2.21. The summed E-state index contributed by atoms with van der Waals surface area (Å²) in [6, 6.07) is 7.91. The first-order valence-electron chi connectivity index (χ1n) is 5.00. The first-order valence-corrected chi connectivity index (χ1v) is 5.00. The van der Waals surface area contributed by atoms with Crippen molar-refractivity contribution in [1.82, 2.24) is 0 Å². The highest BCUT2D eigenvalue weighted by Crippen LogP contribution is 2.18. The van der Waals surface area contributed by atoms with E-state index in [4.69, 9.17) is 9.47 Å². The number of methoxy groups -OCH3 is 1. The smallest absolute Gasteiger partial charge is 0.120 e. The predicted molar refractivity (Wildman–Crippen MR) is 62.9 cm³/mol. The van der Waals surface area contributed by atoms with Crippen LogP contribution in [0.2, 0.25) is 0 Å². The van der Waals surface area contributed by atoms with Crippen molar-refractivity contribution in [2.45, 2.75) is 26.4 Å². The predicted octanol–water partition coefficient (Wildman–Crippen LogP) is 3.48. The summed E-state index contributed by atoms with van der Waals surface area (Å²) in [5.41, 5.74) is 0.947. The molecule has 2 nitrogen and oxygen atoms in total. The molecule has 1 aromatic rings. The molecule has 0 aliphatic rings. The molecule has 0 aliphatic heterocycles. The number of benzene rings is 1. The Morgan fingerprint density at radius 3 is 2.13 bits per heavy atom. The average molecular weight is 206 g/mol. The number of rotatable bonds is 3. The van der Waals surface area contributed by atoms with Crippen molar-refractivity contribution in [3.63, 3.8) is 0 Å². The van der Waals surface area contributed by atoms with Crippen LogP contribution in [0.4, 0.5) is 0 Å². The topological polar surface area (TPSA) is 18.5 Å². The summed E-state index contributed by atoms with van der Waals surface area (Å²) < 4.78 is 10.6. The summed E-state index contributed by atoms with van der Waals surface area (Å²) in [7, 11) is 1.63. The molecule has 0 atom stereocenters. The van der Waals surface area contributed by atoms with Gasteiger partial charge in [-0.1, -0.05) is 12.1 Å². The van der Waals surface area contributed by atoms with E-state index in [0.29, 0.717) is 0 Å². The van der Waals surface area contributed by atoms with Crippen molar-refractivity contribution in [1.29, 1.82) is 0 Å². The largest absolute Gasteiger partial charge is 0.504 e. The Balaban J connectivity index is 2.68. The van der Waals surface area contributed by atoms with Gasteiger partial charge in [0.2, 0.25) is 0 Å². The molecule has 15 heavy (non-hydrogen) atoms. The van der Waals surface area contributed by atoms with E-state index in [-0.39, 0.29) is 5.60 Å². The van der Waals surface area contributed by atoms with Crippen LogP contribution in [0.15, 0.2) is 30.5 Å². The van der Waals surface area contributed by atoms with Gasteiger partial charge in [-0.2, -0.15) is 0 Å². The summed E-state index contributed by atoms with van der Waals surface area (Å²) >= 11 is 0. The number of hydrogen-bond donors (Lipinski definition) is 0. The van der Waals surface area contributed by atoms with E-state index in [1.165, 1.54) is 0 Å². The fourth-order valence-electron chi connectivity index (χ4n) is 1.15. The molecule has 0 heterocycles. The van der Waals surface area contributed by atoms with Crippen molar-refractivity contribution >= 4 is 6.08 Å². The fourth-order valence-corrected chi connectivity index (χ4v) is 1.15. The molecule has 0 saturated carbocycles. The first kappa shape index (κ1) is 11.6. The van der Waals surface area contributed by atoms with Crippen molar-refractivity contribution in [3.8, 4) is 5.75 Å². The highest BCUT2D eigenvalue weighted by atomic mass is 16.5. The molecule has 0 aliphatic carbocycles. The van der Waals surface area contributed by atoms with Crippen molar-refractivity contribution in [2.24, 2.45) is 0 Å². The van der Waals surface area contributed by atoms with E-state index in [9.17, 15) is 0 Å². The maximum Gasteiger partial charge on any atom is 0.120 e. The molecule has 0 N–H and O–H groups in total. The SMILES string of the molecule is COC=Cc1ccc(OC(C)(C)C)cc1. The molecule has 0 bridgehead atoms. The molecule has 0 unspecified atom stereocenters. The van der Waals surface area contributed by atoms with Crippen molar-refractivity contribution < 1.29 is 9.47 Å². The van der Waals surface area contributed by atoms with Gasteiger partial charge in [-0.15, -0.1) is 0 Å². The second-order valence-electron chi connectivity index (χ2n) is 4.32. The normalized spacial score (nSPS) is 11.7. The molecule has 0 radical (unpaired) electrons. The molecular formula is C13H18O2. The van der Waals surface area contributed by atoms with Crippen LogP contribution in [0.1, 0.15) is 26.3 Å². The summed E-state index contributed by atoms with van der Waals surface area (Å²) in [5, 5.41) is 0. The fraction of sp³-hybridized carbons (Fsp3) is 0.385. The molecule has 0 saturated heterocycles. The third-order valence-electron chi connectivity index (χ3n) is 1.70. The van der Waals surface area contributed by atoms with Gasteiger partial charge in [0.15, 0.2) is 0 Å². The van der Waals surface area contributed by atoms with Crippen LogP contribution in [-0.2, 0) is 4.74 Å². The van der Waals surface area contributed by atoms with Crippen LogP contribution in [0.5, 0.6) is 5.75 Å². The maximum absolute atomic E-state index is 5.71. The van der Waals surface area contributed by atoms with Crippen LogP contribution in [0.25, 0.3) is 6.08 Å². The average Bonchev–Trinajstić information content (AvgIpc) is 2.14. The van der Waals surface area contributed by atoms with Gasteiger partial charge >= 0.3 is 0 Å². The molecule has 0 fully saturated rings. The Labute approximate surface area is 91.5 Å². The summed E-state index contributed by atoms with van der Waals surface area (Å²) in [6.07, 6.45) is 3.56. The molecule has 0 aromatic heterocycles. The van der Waals surface area contributed by atoms with Crippen molar-refractivity contribution in [3.05, 3.63) is 36.1 Å². The van der Waals surface area contributed by atoms with Crippen LogP contribution < -0.4 is 4.74 Å². The van der Waals surface area contributed by atoms with Gasteiger partial charge in [0.1, 0.15) is 11.4 Å². The van der Waals surface area contributed by atoms with E-state index in [0.717, 1.165) is 11.3 Å². The Morgan fingerprint density at radius 1 is 1.07 bits per heavy atom. The van der Waals surface area contributed by atoms with Crippen LogP contribution in [-0.4, -0.2) is 12.7 Å². The molecule has 0 spiro atoms. The molecule has 0 amide bonds. The quantitative estimate of drug-likeness (QED) is 0.705. The zero-order chi connectivity index (χ0) is 11.3. The highest BCUT2D eigenvalue weighted by Gasteiger charge is 2.10. The van der Waals surface area contributed by atoms with Gasteiger partial charge in [-0.25, -0.2) is 0 Å². The van der Waals surface area contributed by atoms with E-state index in [1.54, 1.807) is 13.4 Å². The molecule has 1 aromatic carbocycles. The van der Waals surface area contributed by atoms with Gasteiger partial charge in [0.25, 0.3) is 0 Å².